The molecular weight excluding hydrogens is 260 g/mol. The largest absolute Gasteiger partial charge is 0.494 e. The Morgan fingerprint density at radius 2 is 2.11 bits per heavy atom. The third-order valence-corrected chi connectivity index (χ3v) is 4.52. The van der Waals surface area contributed by atoms with E-state index in [-0.39, 0.29) is 5.54 Å². The first kappa shape index (κ1) is 12.8. The van der Waals surface area contributed by atoms with Gasteiger partial charge in [-0.3, -0.25) is 0 Å². The lowest BCUT2D eigenvalue weighted by Gasteiger charge is -2.28. The summed E-state index contributed by atoms with van der Waals surface area (Å²) in [6, 6.07) is 6.09. The normalized spacial score (nSPS) is 18.1. The molecule has 4 heteroatoms. The molecular formula is C15H19ClN2O. The van der Waals surface area contributed by atoms with E-state index in [0.717, 1.165) is 22.6 Å². The Morgan fingerprint density at radius 3 is 2.74 bits per heavy atom. The Kier molecular flexibility index (Phi) is 3.17. The second kappa shape index (κ2) is 4.71. The molecule has 1 aromatic carbocycles. The van der Waals surface area contributed by atoms with E-state index in [9.17, 15) is 0 Å². The van der Waals surface area contributed by atoms with E-state index < -0.39 is 0 Å². The molecule has 1 aromatic heterocycles. The molecule has 0 unspecified atom stereocenters. The zero-order valence-corrected chi connectivity index (χ0v) is 12.2. The Hall–Kier alpha value is -1.22. The first-order valence-electron chi connectivity index (χ1n) is 6.80. The molecule has 2 aromatic rings. The topological polar surface area (TPSA) is 27.1 Å². The molecule has 3 rings (SSSR count). The van der Waals surface area contributed by atoms with Crippen molar-refractivity contribution in [2.45, 2.75) is 44.0 Å². The average Bonchev–Trinajstić information content (AvgIpc) is 3.02. The zero-order valence-electron chi connectivity index (χ0n) is 11.4. The van der Waals surface area contributed by atoms with Gasteiger partial charge in [-0.15, -0.1) is 11.6 Å². The predicted octanol–water partition coefficient (Wildman–Crippen LogP) is 4.07. The number of methoxy groups -OCH3 is 1. The summed E-state index contributed by atoms with van der Waals surface area (Å²) in [5.74, 6) is 2.21. The molecule has 1 saturated carbocycles. The van der Waals surface area contributed by atoms with Crippen molar-refractivity contribution in [3.05, 3.63) is 24.0 Å². The van der Waals surface area contributed by atoms with Crippen LogP contribution in [0.2, 0.25) is 0 Å². The number of rotatable bonds is 3. The summed E-state index contributed by atoms with van der Waals surface area (Å²) in [5, 5.41) is 0. The number of nitrogens with zero attached hydrogens (tertiary/aromatic N) is 2. The maximum Gasteiger partial charge on any atom is 0.146 e. The third-order valence-electron chi connectivity index (χ3n) is 4.28. The quantitative estimate of drug-likeness (QED) is 0.791. The molecule has 3 nitrogen and oxygen atoms in total. The van der Waals surface area contributed by atoms with Crippen molar-refractivity contribution >= 4 is 22.6 Å². The molecule has 0 saturated heterocycles. The van der Waals surface area contributed by atoms with Crippen LogP contribution in [0.1, 0.15) is 38.4 Å². The second-order valence-electron chi connectivity index (χ2n) is 5.53. The monoisotopic (exact) mass is 278 g/mol. The first-order valence-corrected chi connectivity index (χ1v) is 7.34. The molecule has 19 heavy (non-hydrogen) atoms. The standard InChI is InChI=1S/C15H19ClN2O/c1-15(8-3-4-9-15)18-11-6-5-7-12(19-2)14(11)17-13(18)10-16/h5-7H,3-4,8-10H2,1-2H3. The van der Waals surface area contributed by atoms with Crippen LogP contribution in [0.15, 0.2) is 18.2 Å². The van der Waals surface area contributed by atoms with E-state index in [1.165, 1.54) is 25.7 Å². The summed E-state index contributed by atoms with van der Waals surface area (Å²) in [5.41, 5.74) is 2.21. The van der Waals surface area contributed by atoms with E-state index in [4.69, 9.17) is 21.3 Å². The maximum absolute atomic E-state index is 6.12. The van der Waals surface area contributed by atoms with E-state index in [2.05, 4.69) is 17.6 Å². The van der Waals surface area contributed by atoms with Crippen molar-refractivity contribution in [1.82, 2.24) is 9.55 Å². The van der Waals surface area contributed by atoms with Crippen LogP contribution in [0.3, 0.4) is 0 Å². The predicted molar refractivity (Wildman–Crippen MR) is 78.0 cm³/mol. The zero-order chi connectivity index (χ0) is 13.5. The number of ether oxygens (including phenoxy) is 1. The van der Waals surface area contributed by atoms with E-state index in [1.807, 2.05) is 12.1 Å². The third kappa shape index (κ3) is 1.91. The van der Waals surface area contributed by atoms with Gasteiger partial charge in [-0.25, -0.2) is 4.98 Å². The first-order chi connectivity index (χ1) is 9.19. The van der Waals surface area contributed by atoms with Crippen LogP contribution >= 0.6 is 11.6 Å². The minimum absolute atomic E-state index is 0.144. The fraction of sp³-hybridized carbons (Fsp3) is 0.533. The number of hydrogen-bond donors (Lipinski definition) is 0. The van der Waals surface area contributed by atoms with Crippen molar-refractivity contribution < 1.29 is 4.74 Å². The van der Waals surface area contributed by atoms with E-state index in [1.54, 1.807) is 7.11 Å². The highest BCUT2D eigenvalue weighted by Gasteiger charge is 2.34. The van der Waals surface area contributed by atoms with E-state index >= 15 is 0 Å². The maximum atomic E-state index is 6.12. The van der Waals surface area contributed by atoms with Crippen LogP contribution in [0.4, 0.5) is 0 Å². The van der Waals surface area contributed by atoms with E-state index in [0.29, 0.717) is 5.88 Å². The number of alkyl halides is 1. The number of para-hydroxylation sites is 1. The smallest absolute Gasteiger partial charge is 0.146 e. The summed E-state index contributed by atoms with van der Waals surface area (Å²) in [6.07, 6.45) is 4.95. The molecule has 1 fully saturated rings. The van der Waals surface area contributed by atoms with Crippen LogP contribution in [-0.4, -0.2) is 16.7 Å². The molecule has 102 valence electrons. The summed E-state index contributed by atoms with van der Waals surface area (Å²) in [7, 11) is 1.69. The van der Waals surface area contributed by atoms with Gasteiger partial charge in [0, 0.05) is 5.54 Å². The van der Waals surface area contributed by atoms with Gasteiger partial charge in [0.1, 0.15) is 17.1 Å². The van der Waals surface area contributed by atoms with Gasteiger partial charge in [0.25, 0.3) is 0 Å². The average molecular weight is 279 g/mol. The number of imidazole rings is 1. The van der Waals surface area contributed by atoms with Crippen molar-refractivity contribution in [2.24, 2.45) is 0 Å². The van der Waals surface area contributed by atoms with Gasteiger partial charge in [-0.2, -0.15) is 0 Å². The summed E-state index contributed by atoms with van der Waals surface area (Å²) in [4.78, 5) is 4.70. The number of hydrogen-bond acceptors (Lipinski definition) is 2. The number of benzene rings is 1. The molecule has 1 heterocycles. The Bertz CT molecular complexity index is 599. The van der Waals surface area contributed by atoms with Gasteiger partial charge in [0.2, 0.25) is 0 Å². The minimum Gasteiger partial charge on any atom is -0.494 e. The highest BCUT2D eigenvalue weighted by atomic mass is 35.5. The number of fused-ring (bicyclic) bond motifs is 1. The summed E-state index contributed by atoms with van der Waals surface area (Å²) in [6.45, 7) is 2.32. The molecule has 0 aliphatic heterocycles. The number of aromatic nitrogens is 2. The van der Waals surface area contributed by atoms with Crippen molar-refractivity contribution in [2.75, 3.05) is 7.11 Å². The van der Waals surface area contributed by atoms with Crippen LogP contribution in [0, 0.1) is 0 Å². The van der Waals surface area contributed by atoms with Gasteiger partial charge >= 0.3 is 0 Å². The van der Waals surface area contributed by atoms with Crippen molar-refractivity contribution in [1.29, 1.82) is 0 Å². The summed E-state index contributed by atoms with van der Waals surface area (Å²) < 4.78 is 7.76. The Morgan fingerprint density at radius 1 is 1.37 bits per heavy atom. The minimum atomic E-state index is 0.144. The SMILES string of the molecule is COc1cccc2c1nc(CCl)n2C1(C)CCCC1. The van der Waals surface area contributed by atoms with Crippen molar-refractivity contribution in [3.63, 3.8) is 0 Å². The lowest BCUT2D eigenvalue weighted by molar-refractivity contribution is 0.331. The van der Waals surface area contributed by atoms with Crippen LogP contribution in [0.25, 0.3) is 11.0 Å². The molecule has 0 radical (unpaired) electrons. The number of halogens is 1. The van der Waals surface area contributed by atoms with Gasteiger partial charge in [-0.1, -0.05) is 18.9 Å². The Balaban J connectivity index is 2.27. The van der Waals surface area contributed by atoms with Crippen LogP contribution in [-0.2, 0) is 11.4 Å². The fourth-order valence-electron chi connectivity index (χ4n) is 3.34. The fourth-order valence-corrected chi connectivity index (χ4v) is 3.52. The van der Waals surface area contributed by atoms with Gasteiger partial charge in [0.15, 0.2) is 0 Å². The second-order valence-corrected chi connectivity index (χ2v) is 5.80. The molecule has 1 aliphatic rings. The van der Waals surface area contributed by atoms with Crippen molar-refractivity contribution in [3.8, 4) is 5.75 Å². The van der Waals surface area contributed by atoms with Crippen LogP contribution in [0.5, 0.6) is 5.75 Å². The molecule has 0 atom stereocenters. The van der Waals surface area contributed by atoms with Gasteiger partial charge < -0.3 is 9.30 Å². The van der Waals surface area contributed by atoms with Gasteiger partial charge in [0.05, 0.1) is 18.5 Å². The molecule has 0 amide bonds. The highest BCUT2D eigenvalue weighted by molar-refractivity contribution is 6.16. The molecule has 0 spiro atoms. The summed E-state index contributed by atoms with van der Waals surface area (Å²) >= 11 is 6.12. The van der Waals surface area contributed by atoms with Gasteiger partial charge in [-0.05, 0) is 31.9 Å². The van der Waals surface area contributed by atoms with Crippen LogP contribution < -0.4 is 4.74 Å². The molecule has 0 N–H and O–H groups in total. The lowest BCUT2D eigenvalue weighted by atomic mass is 9.99. The lowest BCUT2D eigenvalue weighted by Crippen LogP contribution is -2.27. The molecule has 1 aliphatic carbocycles. The highest BCUT2D eigenvalue weighted by Crippen LogP contribution is 2.40. The molecule has 0 bridgehead atoms. The Labute approximate surface area is 118 Å².